The summed E-state index contributed by atoms with van der Waals surface area (Å²) in [5.74, 6) is 0.0893. The highest BCUT2D eigenvalue weighted by atomic mass is 16.6. The maximum atomic E-state index is 11.5. The largest absolute Gasteiger partial charge is 0.486 e. The van der Waals surface area contributed by atoms with E-state index >= 15 is 0 Å². The highest BCUT2D eigenvalue weighted by Gasteiger charge is 2.22. The van der Waals surface area contributed by atoms with E-state index in [1.165, 1.54) is 4.68 Å². The van der Waals surface area contributed by atoms with Crippen molar-refractivity contribution in [2.75, 3.05) is 13.2 Å². The Morgan fingerprint density at radius 3 is 2.58 bits per heavy atom. The molecule has 120 valence electrons. The second-order valence-corrected chi connectivity index (χ2v) is 5.07. The smallest absolute Gasteiger partial charge is 0.358 e. The molecular weight excluding hydrogens is 312 g/mol. The van der Waals surface area contributed by atoms with Crippen LogP contribution in [0.2, 0.25) is 0 Å². The van der Waals surface area contributed by atoms with Gasteiger partial charge in [0.05, 0.1) is 5.69 Å². The molecule has 0 atom stereocenters. The van der Waals surface area contributed by atoms with Crippen molar-refractivity contribution in [3.8, 4) is 28.4 Å². The van der Waals surface area contributed by atoms with Gasteiger partial charge in [0.1, 0.15) is 18.9 Å². The number of ether oxygens (including phenoxy) is 2. The summed E-state index contributed by atoms with van der Waals surface area (Å²) >= 11 is 0. The molecule has 0 saturated heterocycles. The van der Waals surface area contributed by atoms with Crippen molar-refractivity contribution in [2.24, 2.45) is 0 Å². The van der Waals surface area contributed by atoms with Crippen molar-refractivity contribution in [1.29, 1.82) is 0 Å². The molecule has 3 heterocycles. The van der Waals surface area contributed by atoms with Crippen LogP contribution in [-0.4, -0.2) is 44.3 Å². The number of hydrogen-bond acceptors (Lipinski definition) is 6. The van der Waals surface area contributed by atoms with Gasteiger partial charge in [0.2, 0.25) is 0 Å². The number of carbonyl (C=O) groups is 1. The Labute approximate surface area is 136 Å². The molecule has 1 aliphatic rings. The molecule has 0 radical (unpaired) electrons. The Balaban J connectivity index is 1.88. The second kappa shape index (κ2) is 5.65. The monoisotopic (exact) mass is 324 g/mol. The molecule has 0 amide bonds. The Kier molecular flexibility index (Phi) is 3.34. The maximum Gasteiger partial charge on any atom is 0.358 e. The molecular formula is C16H12N4O4. The van der Waals surface area contributed by atoms with Gasteiger partial charge in [-0.3, -0.25) is 4.98 Å². The molecule has 0 fully saturated rings. The summed E-state index contributed by atoms with van der Waals surface area (Å²) in [5.41, 5.74) is 1.53. The number of pyridine rings is 1. The summed E-state index contributed by atoms with van der Waals surface area (Å²) in [4.78, 5) is 15.5. The number of benzene rings is 1. The van der Waals surface area contributed by atoms with E-state index in [0.717, 1.165) is 0 Å². The third kappa shape index (κ3) is 2.34. The number of carboxylic acids is 1. The normalized spacial score (nSPS) is 12.8. The molecule has 1 N–H and O–H groups in total. The van der Waals surface area contributed by atoms with Gasteiger partial charge in [-0.2, -0.15) is 0 Å². The summed E-state index contributed by atoms with van der Waals surface area (Å²) < 4.78 is 12.5. The molecule has 0 spiro atoms. The SMILES string of the molecule is O=C(O)c1nnn(-c2ccc3c(c2)OCCO3)c1-c1ccncc1. The van der Waals surface area contributed by atoms with E-state index in [1.54, 1.807) is 42.7 Å². The minimum atomic E-state index is -1.15. The zero-order chi connectivity index (χ0) is 16.5. The summed E-state index contributed by atoms with van der Waals surface area (Å²) in [7, 11) is 0. The van der Waals surface area contributed by atoms with Gasteiger partial charge in [0.25, 0.3) is 0 Å². The first-order chi connectivity index (χ1) is 11.7. The summed E-state index contributed by atoms with van der Waals surface area (Å²) in [6.45, 7) is 0.965. The topological polar surface area (TPSA) is 99.4 Å². The van der Waals surface area contributed by atoms with Crippen LogP contribution < -0.4 is 9.47 Å². The van der Waals surface area contributed by atoms with E-state index in [1.807, 2.05) is 0 Å². The molecule has 8 heteroatoms. The minimum Gasteiger partial charge on any atom is -0.486 e. The van der Waals surface area contributed by atoms with Crippen molar-refractivity contribution >= 4 is 5.97 Å². The van der Waals surface area contributed by atoms with Crippen molar-refractivity contribution in [2.45, 2.75) is 0 Å². The van der Waals surface area contributed by atoms with Gasteiger partial charge in [-0.25, -0.2) is 9.48 Å². The molecule has 0 bridgehead atoms. The number of carboxylic acid groups (broad SMARTS) is 1. The molecule has 0 aliphatic carbocycles. The molecule has 3 aromatic rings. The Morgan fingerprint density at radius 2 is 1.83 bits per heavy atom. The summed E-state index contributed by atoms with van der Waals surface area (Å²) in [6.07, 6.45) is 3.17. The Morgan fingerprint density at radius 1 is 1.08 bits per heavy atom. The van der Waals surface area contributed by atoms with Gasteiger partial charge in [-0.15, -0.1) is 5.10 Å². The standard InChI is InChI=1S/C16H12N4O4/c21-16(22)14-15(10-3-5-17-6-4-10)20(19-18-14)11-1-2-12-13(9-11)24-8-7-23-12/h1-6,9H,7-8H2,(H,21,22). The molecule has 1 aliphatic heterocycles. The van der Waals surface area contributed by atoms with Crippen LogP contribution in [0.5, 0.6) is 11.5 Å². The van der Waals surface area contributed by atoms with Crippen LogP contribution in [0, 0.1) is 0 Å². The first-order valence-electron chi connectivity index (χ1n) is 7.23. The minimum absolute atomic E-state index is 0.129. The third-order valence-corrected chi connectivity index (χ3v) is 3.60. The lowest BCUT2D eigenvalue weighted by Gasteiger charge is -2.19. The second-order valence-electron chi connectivity index (χ2n) is 5.07. The zero-order valence-electron chi connectivity index (χ0n) is 12.4. The molecule has 8 nitrogen and oxygen atoms in total. The molecule has 24 heavy (non-hydrogen) atoms. The van der Waals surface area contributed by atoms with E-state index in [4.69, 9.17) is 9.47 Å². The van der Waals surface area contributed by atoms with Gasteiger partial charge >= 0.3 is 5.97 Å². The Hall–Kier alpha value is -3.42. The fourth-order valence-corrected chi connectivity index (χ4v) is 2.54. The number of fused-ring (bicyclic) bond motifs is 1. The first-order valence-corrected chi connectivity index (χ1v) is 7.23. The maximum absolute atomic E-state index is 11.5. The number of aromatic nitrogens is 4. The first kappa shape index (κ1) is 14.2. The van der Waals surface area contributed by atoms with E-state index < -0.39 is 5.97 Å². The molecule has 1 aromatic carbocycles. The van der Waals surface area contributed by atoms with E-state index in [0.29, 0.717) is 41.7 Å². The average Bonchev–Trinajstić information content (AvgIpc) is 3.07. The zero-order valence-corrected chi connectivity index (χ0v) is 12.4. The summed E-state index contributed by atoms with van der Waals surface area (Å²) in [5, 5.41) is 17.2. The lowest BCUT2D eigenvalue weighted by molar-refractivity contribution is 0.0691. The fourth-order valence-electron chi connectivity index (χ4n) is 2.54. The van der Waals surface area contributed by atoms with Gasteiger partial charge in [-0.05, 0) is 24.3 Å². The van der Waals surface area contributed by atoms with E-state index in [2.05, 4.69) is 15.3 Å². The van der Waals surface area contributed by atoms with E-state index in [-0.39, 0.29) is 5.69 Å². The van der Waals surface area contributed by atoms with Crippen LogP contribution in [-0.2, 0) is 0 Å². The quantitative estimate of drug-likeness (QED) is 0.784. The number of nitrogens with zero attached hydrogens (tertiary/aromatic N) is 4. The number of hydrogen-bond donors (Lipinski definition) is 1. The van der Waals surface area contributed by atoms with E-state index in [9.17, 15) is 9.90 Å². The van der Waals surface area contributed by atoms with Crippen LogP contribution in [0.4, 0.5) is 0 Å². The molecule has 2 aromatic heterocycles. The molecule has 0 saturated carbocycles. The van der Waals surface area contributed by atoms with Crippen molar-refractivity contribution in [1.82, 2.24) is 20.0 Å². The van der Waals surface area contributed by atoms with Crippen molar-refractivity contribution in [3.05, 3.63) is 48.4 Å². The highest BCUT2D eigenvalue weighted by molar-refractivity contribution is 5.93. The third-order valence-electron chi connectivity index (χ3n) is 3.60. The van der Waals surface area contributed by atoms with Crippen LogP contribution in [0.15, 0.2) is 42.7 Å². The van der Waals surface area contributed by atoms with Crippen LogP contribution in [0.3, 0.4) is 0 Å². The fraction of sp³-hybridized carbons (Fsp3) is 0.125. The van der Waals surface area contributed by atoms with Crippen LogP contribution >= 0.6 is 0 Å². The lowest BCUT2D eigenvalue weighted by Crippen LogP contribution is -2.15. The van der Waals surface area contributed by atoms with Gasteiger partial charge in [0.15, 0.2) is 17.2 Å². The van der Waals surface area contributed by atoms with Crippen LogP contribution in [0.1, 0.15) is 10.5 Å². The average molecular weight is 324 g/mol. The predicted molar refractivity (Wildman–Crippen MR) is 82.5 cm³/mol. The van der Waals surface area contributed by atoms with Crippen molar-refractivity contribution < 1.29 is 19.4 Å². The molecule has 0 unspecified atom stereocenters. The molecule has 4 rings (SSSR count). The Bertz CT molecular complexity index is 908. The van der Waals surface area contributed by atoms with Crippen LogP contribution in [0.25, 0.3) is 16.9 Å². The number of aromatic carboxylic acids is 1. The van der Waals surface area contributed by atoms with Gasteiger partial charge in [-0.1, -0.05) is 5.21 Å². The lowest BCUT2D eigenvalue weighted by atomic mass is 10.1. The van der Waals surface area contributed by atoms with Crippen molar-refractivity contribution in [3.63, 3.8) is 0 Å². The predicted octanol–water partition coefficient (Wildman–Crippen LogP) is 1.80. The number of rotatable bonds is 3. The van der Waals surface area contributed by atoms with Gasteiger partial charge in [0, 0.05) is 24.0 Å². The summed E-state index contributed by atoms with van der Waals surface area (Å²) in [6, 6.07) is 8.71. The van der Waals surface area contributed by atoms with Gasteiger partial charge < -0.3 is 14.6 Å². The highest BCUT2D eigenvalue weighted by Crippen LogP contribution is 2.33.